The fourth-order valence-electron chi connectivity index (χ4n) is 1.81. The minimum absolute atomic E-state index is 0.162. The first-order valence-corrected chi connectivity index (χ1v) is 7.70. The van der Waals surface area contributed by atoms with E-state index in [4.69, 9.17) is 4.74 Å². The number of hydrogen-bond acceptors (Lipinski definition) is 6. The van der Waals surface area contributed by atoms with Gasteiger partial charge in [-0.3, -0.25) is 14.9 Å². The standard InChI is InChI=1S/C14H10BrNO5S/c1-8-3-2-4-9(13(8)16(19)20)14(18)21-7-10(17)11-5-6-12(15)22-11/h2-6H,7H2,1H3. The van der Waals surface area contributed by atoms with Crippen molar-refractivity contribution < 1.29 is 19.2 Å². The predicted molar refractivity (Wildman–Crippen MR) is 84.5 cm³/mol. The van der Waals surface area contributed by atoms with Gasteiger partial charge in [-0.1, -0.05) is 12.1 Å². The molecule has 0 spiro atoms. The van der Waals surface area contributed by atoms with Gasteiger partial charge in [0.15, 0.2) is 6.61 Å². The molecule has 6 nitrogen and oxygen atoms in total. The molecule has 0 unspecified atom stereocenters. The van der Waals surface area contributed by atoms with Gasteiger partial charge in [0.05, 0.1) is 13.6 Å². The van der Waals surface area contributed by atoms with Gasteiger partial charge in [-0.05, 0) is 41.1 Å². The summed E-state index contributed by atoms with van der Waals surface area (Å²) < 4.78 is 5.69. The Morgan fingerprint density at radius 1 is 1.32 bits per heavy atom. The molecule has 0 bridgehead atoms. The van der Waals surface area contributed by atoms with Crippen LogP contribution in [-0.4, -0.2) is 23.3 Å². The number of carbonyl (C=O) groups excluding carboxylic acids is 2. The molecular weight excluding hydrogens is 374 g/mol. The van der Waals surface area contributed by atoms with E-state index in [1.54, 1.807) is 12.1 Å². The van der Waals surface area contributed by atoms with Crippen molar-refractivity contribution in [1.82, 2.24) is 0 Å². The number of ether oxygens (including phenoxy) is 1. The zero-order valence-corrected chi connectivity index (χ0v) is 13.8. The van der Waals surface area contributed by atoms with Crippen molar-refractivity contribution in [3.05, 3.63) is 60.2 Å². The Hall–Kier alpha value is -2.06. The lowest BCUT2D eigenvalue weighted by Crippen LogP contribution is -2.15. The molecule has 8 heteroatoms. The summed E-state index contributed by atoms with van der Waals surface area (Å²) in [7, 11) is 0. The fraction of sp³-hybridized carbons (Fsp3) is 0.143. The second kappa shape index (κ2) is 6.80. The van der Waals surface area contributed by atoms with Crippen LogP contribution in [0.4, 0.5) is 5.69 Å². The summed E-state index contributed by atoms with van der Waals surface area (Å²) in [5.74, 6) is -1.25. The van der Waals surface area contributed by atoms with Gasteiger partial charge in [-0.25, -0.2) is 4.79 Å². The number of halogens is 1. The highest BCUT2D eigenvalue weighted by molar-refractivity contribution is 9.11. The van der Waals surface area contributed by atoms with E-state index in [1.807, 2.05) is 0 Å². The van der Waals surface area contributed by atoms with E-state index in [2.05, 4.69) is 15.9 Å². The third-order valence-electron chi connectivity index (χ3n) is 2.82. The highest BCUT2D eigenvalue weighted by Gasteiger charge is 2.24. The largest absolute Gasteiger partial charge is 0.453 e. The van der Waals surface area contributed by atoms with Crippen molar-refractivity contribution in [2.75, 3.05) is 6.61 Å². The monoisotopic (exact) mass is 383 g/mol. The predicted octanol–water partition coefficient (Wildman–Crippen LogP) is 3.77. The summed E-state index contributed by atoms with van der Waals surface area (Å²) >= 11 is 4.46. The minimum atomic E-state index is -0.889. The van der Waals surface area contributed by atoms with Gasteiger partial charge in [0.25, 0.3) is 5.69 Å². The maximum absolute atomic E-state index is 12.0. The number of carbonyl (C=O) groups is 2. The van der Waals surface area contributed by atoms with Crippen LogP contribution in [0.25, 0.3) is 0 Å². The second-order valence-corrected chi connectivity index (χ2v) is 6.79. The molecular formula is C14H10BrNO5S. The molecule has 1 heterocycles. The molecule has 0 amide bonds. The lowest BCUT2D eigenvalue weighted by molar-refractivity contribution is -0.385. The van der Waals surface area contributed by atoms with E-state index in [1.165, 1.54) is 36.5 Å². The van der Waals surface area contributed by atoms with Crippen LogP contribution in [0.15, 0.2) is 34.1 Å². The number of para-hydroxylation sites is 1. The molecule has 2 aromatic rings. The van der Waals surface area contributed by atoms with Crippen molar-refractivity contribution >= 4 is 44.7 Å². The first-order valence-electron chi connectivity index (χ1n) is 6.10. The number of thiophene rings is 1. The molecule has 0 saturated heterocycles. The second-order valence-electron chi connectivity index (χ2n) is 4.33. The Morgan fingerprint density at radius 3 is 2.64 bits per heavy atom. The summed E-state index contributed by atoms with van der Waals surface area (Å²) in [6.45, 7) is 1.07. The molecule has 0 aliphatic carbocycles. The van der Waals surface area contributed by atoms with Crippen LogP contribution >= 0.6 is 27.3 Å². The third-order valence-corrected chi connectivity index (χ3v) is 4.49. The lowest BCUT2D eigenvalue weighted by Gasteiger charge is -2.05. The van der Waals surface area contributed by atoms with Crippen LogP contribution in [0.3, 0.4) is 0 Å². The number of nitrogens with zero attached hydrogens (tertiary/aromatic N) is 1. The molecule has 2 rings (SSSR count). The molecule has 0 aliphatic rings. The molecule has 114 valence electrons. The highest BCUT2D eigenvalue weighted by Crippen LogP contribution is 2.25. The number of aryl methyl sites for hydroxylation is 1. The molecule has 0 radical (unpaired) electrons. The normalized spacial score (nSPS) is 10.3. The van der Waals surface area contributed by atoms with Crippen LogP contribution in [0.2, 0.25) is 0 Å². The zero-order chi connectivity index (χ0) is 16.3. The Balaban J connectivity index is 2.12. The number of esters is 1. The average molecular weight is 384 g/mol. The fourth-order valence-corrected chi connectivity index (χ4v) is 3.12. The number of rotatable bonds is 5. The molecule has 0 saturated carbocycles. The average Bonchev–Trinajstić information content (AvgIpc) is 2.90. The summed E-state index contributed by atoms with van der Waals surface area (Å²) in [4.78, 5) is 34.7. The van der Waals surface area contributed by atoms with Gasteiger partial charge in [0, 0.05) is 5.56 Å². The van der Waals surface area contributed by atoms with Gasteiger partial charge in [0.1, 0.15) is 5.56 Å². The van der Waals surface area contributed by atoms with E-state index in [-0.39, 0.29) is 17.0 Å². The molecule has 0 atom stereocenters. The van der Waals surface area contributed by atoms with Crippen LogP contribution in [0.5, 0.6) is 0 Å². The number of hydrogen-bond donors (Lipinski definition) is 0. The van der Waals surface area contributed by atoms with Crippen LogP contribution in [0, 0.1) is 17.0 Å². The van der Waals surface area contributed by atoms with Crippen molar-refractivity contribution in [2.24, 2.45) is 0 Å². The smallest absolute Gasteiger partial charge is 0.345 e. The zero-order valence-electron chi connectivity index (χ0n) is 11.4. The van der Waals surface area contributed by atoms with Crippen molar-refractivity contribution in [1.29, 1.82) is 0 Å². The highest BCUT2D eigenvalue weighted by atomic mass is 79.9. The number of Topliss-reactive ketones (excluding diaryl/α,β-unsaturated/α-hetero) is 1. The third kappa shape index (κ3) is 3.58. The van der Waals surface area contributed by atoms with E-state index < -0.39 is 17.5 Å². The van der Waals surface area contributed by atoms with E-state index in [0.29, 0.717) is 10.4 Å². The Morgan fingerprint density at radius 2 is 2.05 bits per heavy atom. The van der Waals surface area contributed by atoms with Gasteiger partial charge in [-0.2, -0.15) is 0 Å². The van der Waals surface area contributed by atoms with Gasteiger partial charge in [-0.15, -0.1) is 11.3 Å². The molecule has 1 aromatic carbocycles. The Bertz CT molecular complexity index is 755. The summed E-state index contributed by atoms with van der Waals surface area (Å²) in [6, 6.07) is 7.69. The molecule has 1 aromatic heterocycles. The van der Waals surface area contributed by atoms with Crippen LogP contribution < -0.4 is 0 Å². The summed E-state index contributed by atoms with van der Waals surface area (Å²) in [6.07, 6.45) is 0. The van der Waals surface area contributed by atoms with Crippen LogP contribution in [-0.2, 0) is 4.74 Å². The number of nitro groups is 1. The van der Waals surface area contributed by atoms with E-state index >= 15 is 0 Å². The molecule has 0 aliphatic heterocycles. The minimum Gasteiger partial charge on any atom is -0.453 e. The van der Waals surface area contributed by atoms with E-state index in [9.17, 15) is 19.7 Å². The Labute approximate surface area is 138 Å². The quantitative estimate of drug-likeness (QED) is 0.339. The van der Waals surface area contributed by atoms with Gasteiger partial charge in [0.2, 0.25) is 5.78 Å². The molecule has 0 fully saturated rings. The summed E-state index contributed by atoms with van der Waals surface area (Å²) in [5, 5.41) is 11.0. The Kier molecular flexibility index (Phi) is 5.04. The molecule has 22 heavy (non-hydrogen) atoms. The van der Waals surface area contributed by atoms with Crippen molar-refractivity contribution in [2.45, 2.75) is 6.92 Å². The maximum atomic E-state index is 12.0. The first-order chi connectivity index (χ1) is 10.4. The van der Waals surface area contributed by atoms with Gasteiger partial charge < -0.3 is 4.74 Å². The topological polar surface area (TPSA) is 86.5 Å². The SMILES string of the molecule is Cc1cccc(C(=O)OCC(=O)c2ccc(Br)s2)c1[N+](=O)[O-]. The molecule has 0 N–H and O–H groups in total. The van der Waals surface area contributed by atoms with Crippen LogP contribution in [0.1, 0.15) is 25.6 Å². The van der Waals surface area contributed by atoms with E-state index in [0.717, 1.165) is 3.79 Å². The first kappa shape index (κ1) is 16.3. The number of benzene rings is 1. The summed E-state index contributed by atoms with van der Waals surface area (Å²) in [5.41, 5.74) is -0.114. The van der Waals surface area contributed by atoms with Crippen molar-refractivity contribution in [3.8, 4) is 0 Å². The van der Waals surface area contributed by atoms with Crippen molar-refractivity contribution in [3.63, 3.8) is 0 Å². The van der Waals surface area contributed by atoms with Gasteiger partial charge >= 0.3 is 5.97 Å². The lowest BCUT2D eigenvalue weighted by atomic mass is 10.1. The number of ketones is 1. The maximum Gasteiger partial charge on any atom is 0.345 e. The number of nitro benzene ring substituents is 1.